The van der Waals surface area contributed by atoms with E-state index in [9.17, 15) is 8.42 Å². The summed E-state index contributed by atoms with van der Waals surface area (Å²) >= 11 is 1.83. The molecule has 1 aromatic heterocycles. The Hall–Kier alpha value is -0.530. The van der Waals surface area contributed by atoms with Crippen LogP contribution in [0.25, 0.3) is 0 Å². The molecular formula is C14H25N3O2S2. The number of nitrogens with one attached hydrogen (secondary N) is 1. The monoisotopic (exact) mass is 331 g/mol. The number of aryl methyl sites for hydroxylation is 1. The maximum Gasteiger partial charge on any atom is 0.152 e. The highest BCUT2D eigenvalue weighted by Crippen LogP contribution is 2.26. The highest BCUT2D eigenvalue weighted by molar-refractivity contribution is 7.98. The van der Waals surface area contributed by atoms with Crippen LogP contribution in [0.5, 0.6) is 0 Å². The first kappa shape index (κ1) is 16.8. The molecule has 2 heterocycles. The van der Waals surface area contributed by atoms with Crippen molar-refractivity contribution in [3.63, 3.8) is 0 Å². The van der Waals surface area contributed by atoms with Crippen molar-refractivity contribution in [2.45, 2.75) is 45.8 Å². The van der Waals surface area contributed by atoms with Gasteiger partial charge in [-0.1, -0.05) is 0 Å². The molecule has 2 atom stereocenters. The van der Waals surface area contributed by atoms with Crippen LogP contribution in [0.1, 0.15) is 36.3 Å². The van der Waals surface area contributed by atoms with Gasteiger partial charge < -0.3 is 5.32 Å². The molecule has 5 nitrogen and oxygen atoms in total. The second-order valence-electron chi connectivity index (χ2n) is 5.89. The topological polar surface area (TPSA) is 64.0 Å². The van der Waals surface area contributed by atoms with Crippen molar-refractivity contribution in [2.75, 3.05) is 23.5 Å². The highest BCUT2D eigenvalue weighted by atomic mass is 32.2. The number of aromatic nitrogens is 2. The fourth-order valence-corrected chi connectivity index (χ4v) is 5.17. The third-order valence-electron chi connectivity index (χ3n) is 4.07. The van der Waals surface area contributed by atoms with Crippen LogP contribution in [0.2, 0.25) is 0 Å². The van der Waals surface area contributed by atoms with Crippen LogP contribution in [0.4, 0.5) is 0 Å². The van der Waals surface area contributed by atoms with E-state index in [1.807, 2.05) is 30.3 Å². The minimum Gasteiger partial charge on any atom is -0.309 e. The van der Waals surface area contributed by atoms with Gasteiger partial charge in [0, 0.05) is 29.6 Å². The Labute approximate surface area is 131 Å². The van der Waals surface area contributed by atoms with Gasteiger partial charge in [0.05, 0.1) is 23.2 Å². The fraction of sp³-hybridized carbons (Fsp3) is 0.786. The maximum absolute atomic E-state index is 11.6. The van der Waals surface area contributed by atoms with Crippen LogP contribution >= 0.6 is 11.8 Å². The summed E-state index contributed by atoms with van der Waals surface area (Å²) in [6.07, 6.45) is 2.79. The molecule has 0 saturated carbocycles. The summed E-state index contributed by atoms with van der Waals surface area (Å²) in [7, 11) is -2.88. The van der Waals surface area contributed by atoms with Gasteiger partial charge in [0.2, 0.25) is 0 Å². The minimum absolute atomic E-state index is 0.00562. The largest absolute Gasteiger partial charge is 0.309 e. The molecule has 0 radical (unpaired) electrons. The Morgan fingerprint density at radius 1 is 1.48 bits per heavy atom. The van der Waals surface area contributed by atoms with Gasteiger partial charge in [0.15, 0.2) is 9.84 Å². The van der Waals surface area contributed by atoms with E-state index in [0.717, 1.165) is 23.7 Å². The maximum atomic E-state index is 11.6. The lowest BCUT2D eigenvalue weighted by Crippen LogP contribution is -2.28. The molecule has 7 heteroatoms. The molecule has 0 amide bonds. The first-order valence-electron chi connectivity index (χ1n) is 7.31. The normalized spacial score (nSPS) is 22.6. The van der Waals surface area contributed by atoms with Crippen LogP contribution in [0.15, 0.2) is 0 Å². The molecule has 2 unspecified atom stereocenters. The first-order valence-corrected chi connectivity index (χ1v) is 10.5. The Bertz CT molecular complexity index is 596. The van der Waals surface area contributed by atoms with Gasteiger partial charge >= 0.3 is 0 Å². The lowest BCUT2D eigenvalue weighted by molar-refractivity contribution is 0.484. The van der Waals surface area contributed by atoms with Crippen molar-refractivity contribution in [3.8, 4) is 0 Å². The molecule has 0 bridgehead atoms. The molecule has 1 N–H and O–H groups in total. The van der Waals surface area contributed by atoms with E-state index < -0.39 is 9.84 Å². The molecule has 21 heavy (non-hydrogen) atoms. The molecule has 0 spiro atoms. The molecule has 1 saturated heterocycles. The minimum atomic E-state index is -2.88. The van der Waals surface area contributed by atoms with Crippen LogP contribution in [-0.2, 0) is 16.4 Å². The van der Waals surface area contributed by atoms with Gasteiger partial charge in [-0.3, -0.25) is 4.68 Å². The molecule has 0 aliphatic carbocycles. The molecule has 120 valence electrons. The summed E-state index contributed by atoms with van der Waals surface area (Å²) in [6, 6.07) is 0.458. The van der Waals surface area contributed by atoms with E-state index in [2.05, 4.69) is 23.6 Å². The van der Waals surface area contributed by atoms with Gasteiger partial charge in [-0.25, -0.2) is 8.42 Å². The van der Waals surface area contributed by atoms with Crippen molar-refractivity contribution in [1.29, 1.82) is 0 Å². The molecule has 1 fully saturated rings. The fourth-order valence-electron chi connectivity index (χ4n) is 2.86. The average molecular weight is 332 g/mol. The summed E-state index contributed by atoms with van der Waals surface area (Å²) in [5.74, 6) is 1.59. The van der Waals surface area contributed by atoms with E-state index in [0.29, 0.717) is 12.5 Å². The van der Waals surface area contributed by atoms with Gasteiger partial charge in [-0.15, -0.1) is 0 Å². The number of thioether (sulfide) groups is 1. The summed E-state index contributed by atoms with van der Waals surface area (Å²) in [5.41, 5.74) is 3.30. The van der Waals surface area contributed by atoms with Crippen molar-refractivity contribution >= 4 is 21.6 Å². The first-order chi connectivity index (χ1) is 9.84. The van der Waals surface area contributed by atoms with Crippen molar-refractivity contribution in [1.82, 2.24) is 15.1 Å². The van der Waals surface area contributed by atoms with Crippen molar-refractivity contribution in [2.24, 2.45) is 0 Å². The summed E-state index contributed by atoms with van der Waals surface area (Å²) in [4.78, 5) is 0. The smallest absolute Gasteiger partial charge is 0.152 e. The number of sulfone groups is 1. The number of rotatable bonds is 6. The quantitative estimate of drug-likeness (QED) is 0.859. The van der Waals surface area contributed by atoms with Gasteiger partial charge in [0.25, 0.3) is 0 Å². The number of hydrogen-bond acceptors (Lipinski definition) is 5. The predicted molar refractivity (Wildman–Crippen MR) is 88.7 cm³/mol. The third kappa shape index (κ3) is 4.02. The third-order valence-corrected chi connectivity index (χ3v) is 6.66. The molecule has 1 aromatic rings. The summed E-state index contributed by atoms with van der Waals surface area (Å²) < 4.78 is 25.2. The number of hydrogen-bond donors (Lipinski definition) is 1. The van der Waals surface area contributed by atoms with Gasteiger partial charge in [-0.2, -0.15) is 16.9 Å². The average Bonchev–Trinajstić information content (AvgIpc) is 2.88. The van der Waals surface area contributed by atoms with E-state index in [-0.39, 0.29) is 17.5 Å². The molecular weight excluding hydrogens is 306 g/mol. The predicted octanol–water partition coefficient (Wildman–Crippen LogP) is 1.70. The molecule has 1 aliphatic heterocycles. The highest BCUT2D eigenvalue weighted by Gasteiger charge is 2.31. The zero-order valence-corrected chi connectivity index (χ0v) is 14.9. The Morgan fingerprint density at radius 3 is 2.76 bits per heavy atom. The second-order valence-corrected chi connectivity index (χ2v) is 9.03. The second kappa shape index (κ2) is 6.71. The summed E-state index contributed by atoms with van der Waals surface area (Å²) in [6.45, 7) is 7.01. The van der Waals surface area contributed by atoms with Crippen LogP contribution in [0.3, 0.4) is 0 Å². The van der Waals surface area contributed by atoms with E-state index in [1.54, 1.807) is 0 Å². The van der Waals surface area contributed by atoms with Gasteiger partial charge in [-0.05, 0) is 33.4 Å². The SMILES string of the molecule is CSCC(C)NCc1c(C)nn(C2CCS(=O)(=O)C2)c1C. The lowest BCUT2D eigenvalue weighted by atomic mass is 10.1. The number of nitrogens with zero attached hydrogens (tertiary/aromatic N) is 2. The zero-order chi connectivity index (χ0) is 15.6. The molecule has 1 aliphatic rings. The van der Waals surface area contributed by atoms with E-state index >= 15 is 0 Å². The van der Waals surface area contributed by atoms with E-state index in [1.165, 1.54) is 5.56 Å². The van der Waals surface area contributed by atoms with Crippen molar-refractivity contribution in [3.05, 3.63) is 17.0 Å². The Morgan fingerprint density at radius 2 is 2.19 bits per heavy atom. The standard InChI is InChI=1S/C14H25N3O2S2/c1-10(8-20-4)15-7-14-11(2)16-17(12(14)3)13-5-6-21(18,19)9-13/h10,13,15H,5-9H2,1-4H3. The Balaban J connectivity index is 2.11. The Kier molecular flexibility index (Phi) is 5.38. The molecule has 2 rings (SSSR count). The van der Waals surface area contributed by atoms with Crippen LogP contribution in [0, 0.1) is 13.8 Å². The van der Waals surface area contributed by atoms with Crippen LogP contribution < -0.4 is 5.32 Å². The molecule has 0 aromatic carbocycles. The van der Waals surface area contributed by atoms with Crippen molar-refractivity contribution < 1.29 is 8.42 Å². The van der Waals surface area contributed by atoms with Crippen LogP contribution in [-0.4, -0.2) is 47.8 Å². The zero-order valence-electron chi connectivity index (χ0n) is 13.2. The summed E-state index contributed by atoms with van der Waals surface area (Å²) in [5, 5.41) is 8.10. The van der Waals surface area contributed by atoms with E-state index in [4.69, 9.17) is 0 Å². The lowest BCUT2D eigenvalue weighted by Gasteiger charge is -2.14. The van der Waals surface area contributed by atoms with Gasteiger partial charge in [0.1, 0.15) is 0 Å².